The van der Waals surface area contributed by atoms with Gasteiger partial charge in [-0.15, -0.1) is 0 Å². The van der Waals surface area contributed by atoms with Gasteiger partial charge in [-0.1, -0.05) is 6.07 Å². The van der Waals surface area contributed by atoms with Crippen LogP contribution in [0.5, 0.6) is 5.75 Å². The number of carbonyl (C=O) groups excluding carboxylic acids is 1. The van der Waals surface area contributed by atoms with Crippen LogP contribution in [0.25, 0.3) is 22.2 Å². The Morgan fingerprint density at radius 1 is 1.22 bits per heavy atom. The number of fused-ring (bicyclic) bond motifs is 2. The van der Waals surface area contributed by atoms with Crippen molar-refractivity contribution < 1.29 is 18.3 Å². The van der Waals surface area contributed by atoms with E-state index >= 15 is 0 Å². The zero-order chi connectivity index (χ0) is 22.5. The highest BCUT2D eigenvalue weighted by molar-refractivity contribution is 6.02. The number of carbonyl (C=O) groups is 1. The Morgan fingerprint density at radius 3 is 2.78 bits per heavy atom. The first-order valence-corrected chi connectivity index (χ1v) is 11.0. The quantitative estimate of drug-likeness (QED) is 0.552. The predicted molar refractivity (Wildman–Crippen MR) is 118 cm³/mol. The van der Waals surface area contributed by atoms with E-state index < -0.39 is 11.5 Å². The lowest BCUT2D eigenvalue weighted by Crippen LogP contribution is -2.35. The van der Waals surface area contributed by atoms with E-state index in [1.165, 1.54) is 0 Å². The molecule has 1 saturated carbocycles. The largest absolute Gasteiger partial charge is 0.487 e. The normalized spacial score (nSPS) is 20.1. The first-order valence-electron chi connectivity index (χ1n) is 11.0. The average Bonchev–Trinajstić information content (AvgIpc) is 3.15. The van der Waals surface area contributed by atoms with Gasteiger partial charge in [-0.25, -0.2) is 13.8 Å². The molecule has 0 bridgehead atoms. The third-order valence-corrected chi connectivity index (χ3v) is 6.38. The summed E-state index contributed by atoms with van der Waals surface area (Å²) in [6.45, 7) is 4.40. The van der Waals surface area contributed by atoms with E-state index in [1.54, 1.807) is 6.20 Å². The van der Waals surface area contributed by atoms with Gasteiger partial charge < -0.3 is 15.0 Å². The van der Waals surface area contributed by atoms with Gasteiger partial charge in [-0.2, -0.15) is 4.98 Å². The number of H-pyrrole nitrogens is 1. The highest BCUT2D eigenvalue weighted by Gasteiger charge is 2.35. The summed E-state index contributed by atoms with van der Waals surface area (Å²) in [5.41, 5.74) is 2.59. The van der Waals surface area contributed by atoms with Crippen molar-refractivity contribution in [2.45, 2.75) is 57.5 Å². The van der Waals surface area contributed by atoms with Crippen LogP contribution >= 0.6 is 0 Å². The number of anilines is 1. The van der Waals surface area contributed by atoms with Crippen LogP contribution in [0.1, 0.15) is 56.3 Å². The number of nitrogens with one attached hydrogen (secondary N) is 2. The summed E-state index contributed by atoms with van der Waals surface area (Å²) in [4.78, 5) is 24.6. The number of hydrogen-bond donors (Lipinski definition) is 2. The first kappa shape index (κ1) is 20.8. The minimum Gasteiger partial charge on any atom is -0.487 e. The third kappa shape index (κ3) is 4.06. The maximum atomic E-state index is 13.3. The molecule has 2 aliphatic rings. The summed E-state index contributed by atoms with van der Waals surface area (Å²) in [5.74, 6) is -1.16. The molecule has 3 heterocycles. The molecule has 1 aromatic carbocycles. The fourth-order valence-corrected chi connectivity index (χ4v) is 4.59. The fourth-order valence-electron chi connectivity index (χ4n) is 4.59. The Kier molecular flexibility index (Phi) is 4.91. The Labute approximate surface area is 184 Å². The van der Waals surface area contributed by atoms with Crippen molar-refractivity contribution in [3.63, 3.8) is 0 Å². The molecule has 32 heavy (non-hydrogen) atoms. The SMILES string of the molecule is CC1(C)CC(=O)c2ccc(-c3c[nH]c4nc(NCC5CCC(F)(F)CC5)ncc34)cc2O1. The number of benzene rings is 1. The van der Waals surface area contributed by atoms with Crippen LogP contribution in [-0.4, -0.2) is 38.8 Å². The van der Waals surface area contributed by atoms with Crippen LogP contribution in [-0.2, 0) is 0 Å². The third-order valence-electron chi connectivity index (χ3n) is 6.38. The molecular formula is C24H26F2N4O2. The van der Waals surface area contributed by atoms with E-state index in [1.807, 2.05) is 38.2 Å². The van der Waals surface area contributed by atoms with Crippen LogP contribution in [0.15, 0.2) is 30.6 Å². The minimum absolute atomic E-state index is 0.0491. The lowest BCUT2D eigenvalue weighted by molar-refractivity contribution is -0.0443. The van der Waals surface area contributed by atoms with Crippen molar-refractivity contribution >= 4 is 22.8 Å². The maximum Gasteiger partial charge on any atom is 0.248 e. The second kappa shape index (κ2) is 7.53. The van der Waals surface area contributed by atoms with Gasteiger partial charge in [0.25, 0.3) is 0 Å². The molecule has 168 valence electrons. The molecule has 2 N–H and O–H groups in total. The van der Waals surface area contributed by atoms with E-state index in [-0.39, 0.29) is 24.5 Å². The molecule has 0 amide bonds. The summed E-state index contributed by atoms with van der Waals surface area (Å²) in [5, 5.41) is 4.05. The minimum atomic E-state index is -2.52. The number of hydrogen-bond acceptors (Lipinski definition) is 5. The molecular weight excluding hydrogens is 414 g/mol. The van der Waals surface area contributed by atoms with Gasteiger partial charge in [0.2, 0.25) is 11.9 Å². The summed E-state index contributed by atoms with van der Waals surface area (Å²) >= 11 is 0. The van der Waals surface area contributed by atoms with Crippen LogP contribution in [0.3, 0.4) is 0 Å². The van der Waals surface area contributed by atoms with E-state index in [0.29, 0.717) is 48.7 Å². The molecule has 5 rings (SSSR count). The summed E-state index contributed by atoms with van der Waals surface area (Å²) in [6.07, 6.45) is 4.90. The Morgan fingerprint density at radius 2 is 2.00 bits per heavy atom. The Hall–Kier alpha value is -3.03. The second-order valence-electron chi connectivity index (χ2n) is 9.51. The summed E-state index contributed by atoms with van der Waals surface area (Å²) in [7, 11) is 0. The number of nitrogens with zero attached hydrogens (tertiary/aromatic N) is 2. The standard InChI is InChI=1S/C24H26F2N4O2/c1-23(2)10-19(31)16-4-3-15(9-20(16)32-23)17-12-27-21-18(17)13-29-22(30-21)28-11-14-5-7-24(25,26)8-6-14/h3-4,9,12-14H,5-8,10-11H2,1-2H3,(H2,27,28,29,30). The molecule has 0 radical (unpaired) electrons. The van der Waals surface area contributed by atoms with Crippen molar-refractivity contribution in [1.82, 2.24) is 15.0 Å². The van der Waals surface area contributed by atoms with Crippen LogP contribution in [0.2, 0.25) is 0 Å². The Bertz CT molecular complexity index is 1180. The molecule has 3 aromatic rings. The van der Waals surface area contributed by atoms with Gasteiger partial charge in [-0.05, 0) is 50.3 Å². The lowest BCUT2D eigenvalue weighted by Gasteiger charge is -2.31. The van der Waals surface area contributed by atoms with Crippen molar-refractivity contribution in [3.8, 4) is 16.9 Å². The first-order chi connectivity index (χ1) is 15.2. The Balaban J connectivity index is 1.34. The van der Waals surface area contributed by atoms with Gasteiger partial charge in [0.1, 0.15) is 17.0 Å². The predicted octanol–water partition coefficient (Wildman–Crippen LogP) is 5.61. The van der Waals surface area contributed by atoms with Gasteiger partial charge in [0.15, 0.2) is 5.78 Å². The van der Waals surface area contributed by atoms with E-state index in [9.17, 15) is 13.6 Å². The highest BCUT2D eigenvalue weighted by atomic mass is 19.3. The second-order valence-corrected chi connectivity index (χ2v) is 9.51. The van der Waals surface area contributed by atoms with Crippen molar-refractivity contribution in [3.05, 3.63) is 36.2 Å². The van der Waals surface area contributed by atoms with Crippen LogP contribution in [0, 0.1) is 5.92 Å². The molecule has 1 aliphatic carbocycles. The van der Waals surface area contributed by atoms with Gasteiger partial charge in [0, 0.05) is 42.7 Å². The number of ketones is 1. The molecule has 0 saturated heterocycles. The van der Waals surface area contributed by atoms with E-state index in [4.69, 9.17) is 4.74 Å². The van der Waals surface area contributed by atoms with Crippen LogP contribution < -0.4 is 10.1 Å². The number of ether oxygens (including phenoxy) is 1. The molecule has 1 fully saturated rings. The molecule has 6 nitrogen and oxygen atoms in total. The fraction of sp³-hybridized carbons (Fsp3) is 0.458. The molecule has 0 spiro atoms. The molecule has 0 unspecified atom stereocenters. The number of halogens is 2. The number of aromatic nitrogens is 3. The van der Waals surface area contributed by atoms with E-state index in [0.717, 1.165) is 16.5 Å². The van der Waals surface area contributed by atoms with Crippen molar-refractivity contribution in [2.24, 2.45) is 5.92 Å². The van der Waals surface area contributed by atoms with Gasteiger partial charge in [0.05, 0.1) is 12.0 Å². The zero-order valence-electron chi connectivity index (χ0n) is 18.2. The highest BCUT2D eigenvalue weighted by Crippen LogP contribution is 2.38. The maximum absolute atomic E-state index is 13.3. The average molecular weight is 440 g/mol. The number of rotatable bonds is 4. The lowest BCUT2D eigenvalue weighted by atomic mass is 9.87. The molecule has 8 heteroatoms. The van der Waals surface area contributed by atoms with Gasteiger partial charge in [-0.3, -0.25) is 4.79 Å². The smallest absolute Gasteiger partial charge is 0.248 e. The monoisotopic (exact) mass is 440 g/mol. The van der Waals surface area contributed by atoms with Crippen LogP contribution in [0.4, 0.5) is 14.7 Å². The number of alkyl halides is 2. The number of Topliss-reactive ketones (excluding diaryl/α,β-unsaturated/α-hetero) is 1. The summed E-state index contributed by atoms with van der Waals surface area (Å²) < 4.78 is 32.7. The molecule has 1 aliphatic heterocycles. The zero-order valence-corrected chi connectivity index (χ0v) is 18.2. The van der Waals surface area contributed by atoms with E-state index in [2.05, 4.69) is 20.3 Å². The van der Waals surface area contributed by atoms with Gasteiger partial charge >= 0.3 is 0 Å². The molecule has 2 aromatic heterocycles. The number of aromatic amines is 1. The van der Waals surface area contributed by atoms with Crippen molar-refractivity contribution in [1.29, 1.82) is 0 Å². The summed E-state index contributed by atoms with van der Waals surface area (Å²) in [6, 6.07) is 5.61. The van der Waals surface area contributed by atoms with Crippen molar-refractivity contribution in [2.75, 3.05) is 11.9 Å². The topological polar surface area (TPSA) is 79.9 Å². The molecule has 0 atom stereocenters.